The number of halogens is 1. The summed E-state index contributed by atoms with van der Waals surface area (Å²) >= 11 is 0. The van der Waals surface area contributed by atoms with Crippen LogP contribution < -0.4 is 0 Å². The van der Waals surface area contributed by atoms with E-state index < -0.39 is 0 Å². The van der Waals surface area contributed by atoms with Gasteiger partial charge in [0.05, 0.1) is 0 Å². The lowest BCUT2D eigenvalue weighted by atomic mass is 9.42. The van der Waals surface area contributed by atoms with E-state index in [4.69, 9.17) is 0 Å². The van der Waals surface area contributed by atoms with Crippen LogP contribution in [0.5, 0.6) is 0 Å². The van der Waals surface area contributed by atoms with Crippen molar-refractivity contribution in [2.24, 2.45) is 59.2 Å². The highest BCUT2D eigenvalue weighted by atomic mass is 79.9. The summed E-state index contributed by atoms with van der Waals surface area (Å²) in [7, 11) is 3.64. The molecule has 1 aromatic carbocycles. The number of hydrogen-bond acceptors (Lipinski definition) is 0. The van der Waals surface area contributed by atoms with Crippen molar-refractivity contribution in [3.63, 3.8) is 0 Å². The molecule has 29 heavy (non-hydrogen) atoms. The van der Waals surface area contributed by atoms with Gasteiger partial charge in [-0.3, -0.25) is 0 Å². The highest BCUT2D eigenvalue weighted by Crippen LogP contribution is 2.70. The van der Waals surface area contributed by atoms with Crippen LogP contribution in [0.25, 0.3) is 0 Å². The van der Waals surface area contributed by atoms with E-state index in [9.17, 15) is 0 Å². The second-order valence-corrected chi connectivity index (χ2v) is 13.2. The molecule has 9 rings (SSSR count). The quantitative estimate of drug-likeness (QED) is 0.399. The van der Waals surface area contributed by atoms with Crippen molar-refractivity contribution < 1.29 is 0 Å². The van der Waals surface area contributed by atoms with Gasteiger partial charge in [-0.2, -0.15) is 0 Å². The molecule has 8 aliphatic carbocycles. The molecule has 8 aliphatic rings. The van der Waals surface area contributed by atoms with Gasteiger partial charge >= 0.3 is 0 Å². The first-order valence-electron chi connectivity index (χ1n) is 12.5. The molecule has 2 heteroatoms. The van der Waals surface area contributed by atoms with Gasteiger partial charge in [0.2, 0.25) is 0 Å². The second kappa shape index (κ2) is 7.07. The lowest BCUT2D eigenvalue weighted by molar-refractivity contribution is -0.113. The summed E-state index contributed by atoms with van der Waals surface area (Å²) in [4.78, 5) is 0. The predicted molar refractivity (Wildman–Crippen MR) is 129 cm³/mol. The van der Waals surface area contributed by atoms with E-state index in [-0.39, 0.29) is 17.0 Å². The zero-order chi connectivity index (χ0) is 18.5. The van der Waals surface area contributed by atoms with Gasteiger partial charge in [0.15, 0.2) is 0 Å². The third kappa shape index (κ3) is 2.85. The number of hydrogen-bond donors (Lipinski definition) is 0. The number of rotatable bonds is 3. The standard InChI is InChI=1S/C27H37P.BrH/c28-27(24-4-2-1-3-5-24,25-20-8-16-6-17(10-20)11-21(25)9-16)26-22-12-18-7-19(14-22)15-23(26)13-18;/h1-5,16-23,25-26H,6-15,28H2;1H. The summed E-state index contributed by atoms with van der Waals surface area (Å²) in [6.07, 6.45) is 15.7. The van der Waals surface area contributed by atoms with Crippen molar-refractivity contribution in [3.8, 4) is 0 Å². The third-order valence-electron chi connectivity index (χ3n) is 10.8. The van der Waals surface area contributed by atoms with Crippen LogP contribution >= 0.6 is 26.2 Å². The molecule has 1 atom stereocenters. The van der Waals surface area contributed by atoms with Gasteiger partial charge in [-0.05, 0) is 129 Å². The summed E-state index contributed by atoms with van der Waals surface area (Å²) in [5.41, 5.74) is 1.69. The smallest absolute Gasteiger partial charge is 0.0164 e. The van der Waals surface area contributed by atoms with Gasteiger partial charge in [0.1, 0.15) is 0 Å². The molecule has 0 radical (unpaired) electrons. The van der Waals surface area contributed by atoms with Crippen molar-refractivity contribution in [2.75, 3.05) is 0 Å². The van der Waals surface area contributed by atoms with Gasteiger partial charge in [-0.1, -0.05) is 30.3 Å². The molecule has 158 valence electrons. The maximum absolute atomic E-state index is 3.64. The van der Waals surface area contributed by atoms with E-state index in [1.165, 1.54) is 0 Å². The molecule has 8 bridgehead atoms. The van der Waals surface area contributed by atoms with Crippen molar-refractivity contribution in [1.29, 1.82) is 0 Å². The monoisotopic (exact) mass is 472 g/mol. The molecule has 0 aliphatic heterocycles. The van der Waals surface area contributed by atoms with Gasteiger partial charge in [0.25, 0.3) is 0 Å². The number of benzene rings is 1. The van der Waals surface area contributed by atoms with Crippen LogP contribution in [0.1, 0.15) is 69.8 Å². The zero-order valence-electron chi connectivity index (χ0n) is 17.7. The molecule has 0 saturated heterocycles. The van der Waals surface area contributed by atoms with Crippen LogP contribution in [0.2, 0.25) is 0 Å². The van der Waals surface area contributed by atoms with Gasteiger partial charge in [0, 0.05) is 5.16 Å². The Kier molecular flexibility index (Phi) is 4.82. The van der Waals surface area contributed by atoms with Crippen LogP contribution in [-0.2, 0) is 5.16 Å². The summed E-state index contributed by atoms with van der Waals surface area (Å²) in [6, 6.07) is 11.9. The molecule has 0 spiro atoms. The topological polar surface area (TPSA) is 0 Å². The van der Waals surface area contributed by atoms with Crippen molar-refractivity contribution in [3.05, 3.63) is 35.9 Å². The Morgan fingerprint density at radius 2 is 0.897 bits per heavy atom. The molecule has 8 saturated carbocycles. The molecule has 1 aromatic rings. The van der Waals surface area contributed by atoms with Crippen LogP contribution in [0.4, 0.5) is 0 Å². The molecule has 0 amide bonds. The highest BCUT2D eigenvalue weighted by molar-refractivity contribution is 8.93. The van der Waals surface area contributed by atoms with Crippen molar-refractivity contribution in [1.82, 2.24) is 0 Å². The Hall–Kier alpha value is 0.130. The third-order valence-corrected chi connectivity index (χ3v) is 11.9. The van der Waals surface area contributed by atoms with Crippen LogP contribution in [0, 0.1) is 59.2 Å². The molecule has 0 heterocycles. The minimum absolute atomic E-state index is 0. The summed E-state index contributed by atoms with van der Waals surface area (Å²) in [6.45, 7) is 0. The van der Waals surface area contributed by atoms with Crippen molar-refractivity contribution in [2.45, 2.75) is 69.4 Å². The summed E-state index contributed by atoms with van der Waals surface area (Å²) in [5.74, 6) is 10.3. The predicted octanol–water partition coefficient (Wildman–Crippen LogP) is 7.48. The van der Waals surface area contributed by atoms with E-state index >= 15 is 0 Å². The highest BCUT2D eigenvalue weighted by Gasteiger charge is 2.62. The van der Waals surface area contributed by atoms with Crippen molar-refractivity contribution >= 4 is 26.2 Å². The summed E-state index contributed by atoms with van der Waals surface area (Å²) < 4.78 is 0. The fourth-order valence-corrected chi connectivity index (χ4v) is 12.0. The molecular formula is C27H38BrP. The van der Waals surface area contributed by atoms with E-state index in [1.54, 1.807) is 69.8 Å². The normalized spacial score (nSPS) is 50.9. The second-order valence-electron chi connectivity index (χ2n) is 12.2. The van der Waals surface area contributed by atoms with E-state index in [0.29, 0.717) is 5.16 Å². The minimum atomic E-state index is 0. The van der Waals surface area contributed by atoms with E-state index in [0.717, 1.165) is 59.2 Å². The Bertz CT molecular complexity index is 659. The molecule has 1 unspecified atom stereocenters. The Balaban J connectivity index is 0.00000165. The van der Waals surface area contributed by atoms with Crippen LogP contribution in [0.3, 0.4) is 0 Å². The lowest BCUT2D eigenvalue weighted by Crippen LogP contribution is -2.59. The van der Waals surface area contributed by atoms with E-state index in [2.05, 4.69) is 39.6 Å². The molecular weight excluding hydrogens is 435 g/mol. The first-order valence-corrected chi connectivity index (χ1v) is 13.1. The molecule has 8 fully saturated rings. The van der Waals surface area contributed by atoms with Crippen LogP contribution in [0.15, 0.2) is 30.3 Å². The minimum Gasteiger partial charge on any atom is -0.126 e. The molecule has 0 N–H and O–H groups in total. The first kappa shape index (κ1) is 19.8. The Morgan fingerprint density at radius 1 is 0.552 bits per heavy atom. The van der Waals surface area contributed by atoms with Gasteiger partial charge < -0.3 is 0 Å². The summed E-state index contributed by atoms with van der Waals surface area (Å²) in [5, 5.41) is 0.354. The van der Waals surface area contributed by atoms with Crippen LogP contribution in [-0.4, -0.2) is 0 Å². The first-order chi connectivity index (χ1) is 13.7. The SMILES string of the molecule is Br.PC(c1ccccc1)(C1C2CC3CC(C2)CC1C3)C1C2CC3CC(C2)CC1C3. The molecule has 0 nitrogen and oxygen atoms in total. The maximum Gasteiger partial charge on any atom is 0.0164 e. The Labute approximate surface area is 190 Å². The lowest BCUT2D eigenvalue weighted by Gasteiger charge is -2.66. The largest absolute Gasteiger partial charge is 0.126 e. The van der Waals surface area contributed by atoms with Gasteiger partial charge in [-0.15, -0.1) is 26.2 Å². The average molecular weight is 473 g/mol. The maximum atomic E-state index is 3.64. The zero-order valence-corrected chi connectivity index (χ0v) is 20.6. The van der Waals surface area contributed by atoms with Gasteiger partial charge in [-0.25, -0.2) is 0 Å². The average Bonchev–Trinajstić information content (AvgIpc) is 2.67. The molecule has 0 aromatic heterocycles. The fourth-order valence-electron chi connectivity index (χ4n) is 10.7. The van der Waals surface area contributed by atoms with E-state index in [1.807, 2.05) is 0 Å². The fraction of sp³-hybridized carbons (Fsp3) is 0.778. The Morgan fingerprint density at radius 3 is 1.24 bits per heavy atom.